The van der Waals surface area contributed by atoms with Crippen LogP contribution in [0, 0.1) is 0 Å². The van der Waals surface area contributed by atoms with E-state index in [0.29, 0.717) is 0 Å². The van der Waals surface area contributed by atoms with E-state index in [9.17, 15) is 0 Å². The van der Waals surface area contributed by atoms with Crippen LogP contribution in [0.25, 0.3) is 0 Å². The maximum Gasteiger partial charge on any atom is 0.503 e. The molecule has 0 aliphatic carbocycles. The van der Waals surface area contributed by atoms with Gasteiger partial charge in [0, 0.05) is 0 Å². The maximum absolute atomic E-state index is 8.56. The molecule has 4 heteroatoms. The Morgan fingerprint density at radius 2 is 0.857 bits per heavy atom. The summed E-state index contributed by atoms with van der Waals surface area (Å²) in [6.45, 7) is 9.44. The van der Waals surface area contributed by atoms with Gasteiger partial charge in [-0.3, -0.25) is 0 Å². The van der Waals surface area contributed by atoms with Crippen LogP contribution in [0.15, 0.2) is 0 Å². The van der Waals surface area contributed by atoms with Gasteiger partial charge >= 0.3 is 117 Å². The van der Waals surface area contributed by atoms with Crippen molar-refractivity contribution in [3.8, 4) is 0 Å². The van der Waals surface area contributed by atoms with Gasteiger partial charge in [-0.2, -0.15) is 0 Å². The van der Waals surface area contributed by atoms with E-state index >= 15 is 0 Å². The van der Waals surface area contributed by atoms with Crippen molar-refractivity contribution in [2.45, 2.75) is 79.1 Å². The zero-order chi connectivity index (χ0) is 16.6. The number of carboxylic acid groups (broad SMARTS) is 2. The molecular formula is C17H39O3P. The topological polar surface area (TPSA) is 57.5 Å². The number of rotatable bonds is 12. The smallest absolute Gasteiger partial charge is 0.450 e. The fourth-order valence-electron chi connectivity index (χ4n) is 2.96. The molecule has 0 aliphatic heterocycles. The minimum atomic E-state index is -1.83. The molecule has 0 amide bonds. The predicted molar refractivity (Wildman–Crippen MR) is 98.1 cm³/mol. The van der Waals surface area contributed by atoms with Gasteiger partial charge in [0.25, 0.3) is 0 Å². The van der Waals surface area contributed by atoms with E-state index in [0.717, 1.165) is 0 Å². The van der Waals surface area contributed by atoms with E-state index in [1.807, 2.05) is 0 Å². The molecule has 0 bridgehead atoms. The number of hydrogen-bond donors (Lipinski definition) is 2. The molecule has 3 nitrogen and oxygen atoms in total. The Balaban J connectivity index is 0. The van der Waals surface area contributed by atoms with Gasteiger partial charge in [-0.25, -0.2) is 4.79 Å². The third kappa shape index (κ3) is 15.9. The van der Waals surface area contributed by atoms with Crippen LogP contribution >= 0.6 is 7.26 Å². The van der Waals surface area contributed by atoms with Crippen LogP contribution in [0.1, 0.15) is 79.1 Å². The van der Waals surface area contributed by atoms with Crippen molar-refractivity contribution in [2.24, 2.45) is 0 Å². The Bertz CT molecular complexity index is 191. The summed E-state index contributed by atoms with van der Waals surface area (Å²) in [5, 5.41) is 13.9. The second-order valence-corrected chi connectivity index (χ2v) is 11.2. The number of carbonyl (C=O) groups is 1. The molecule has 0 unspecified atom stereocenters. The Morgan fingerprint density at radius 1 is 0.667 bits per heavy atom. The summed E-state index contributed by atoms with van der Waals surface area (Å²) < 4.78 is 0. The molecule has 0 aromatic heterocycles. The Morgan fingerprint density at radius 3 is 1.00 bits per heavy atom. The van der Waals surface area contributed by atoms with E-state index in [4.69, 9.17) is 15.0 Å². The third-order valence-electron chi connectivity index (χ3n) is 4.24. The molecule has 0 aromatic rings. The molecule has 0 aliphatic rings. The SMILES string of the molecule is CCCC[PH](CCCC)(CCCC)CCCC.O=C(O)O. The van der Waals surface area contributed by atoms with E-state index in [2.05, 4.69) is 27.7 Å². The summed E-state index contributed by atoms with van der Waals surface area (Å²) in [7, 11) is -0.879. The summed E-state index contributed by atoms with van der Waals surface area (Å²) in [5.74, 6) is 0. The van der Waals surface area contributed by atoms with Crippen LogP contribution in [0.3, 0.4) is 0 Å². The fourth-order valence-corrected chi connectivity index (χ4v) is 8.87. The van der Waals surface area contributed by atoms with Crippen LogP contribution in [-0.2, 0) is 0 Å². The first-order valence-electron chi connectivity index (χ1n) is 8.89. The van der Waals surface area contributed by atoms with Crippen molar-refractivity contribution in [2.75, 3.05) is 24.6 Å². The summed E-state index contributed by atoms with van der Waals surface area (Å²) in [6.07, 6.45) is 16.3. The van der Waals surface area contributed by atoms with Gasteiger partial charge in [0.15, 0.2) is 0 Å². The van der Waals surface area contributed by atoms with Gasteiger partial charge in [0.1, 0.15) is 0 Å². The average molecular weight is 322 g/mol. The molecule has 0 fully saturated rings. The van der Waals surface area contributed by atoms with Crippen molar-refractivity contribution in [3.63, 3.8) is 0 Å². The quantitative estimate of drug-likeness (QED) is 0.423. The summed E-state index contributed by atoms with van der Waals surface area (Å²) in [5.41, 5.74) is 0. The Kier molecular flexibility index (Phi) is 17.6. The van der Waals surface area contributed by atoms with E-state index in [-0.39, 0.29) is 0 Å². The van der Waals surface area contributed by atoms with Crippen molar-refractivity contribution in [1.29, 1.82) is 0 Å². The zero-order valence-corrected chi connectivity index (χ0v) is 15.8. The monoisotopic (exact) mass is 322 g/mol. The van der Waals surface area contributed by atoms with Gasteiger partial charge in [0.2, 0.25) is 0 Å². The first kappa shape index (κ1) is 23.0. The van der Waals surface area contributed by atoms with Crippen molar-refractivity contribution in [3.05, 3.63) is 0 Å². The van der Waals surface area contributed by atoms with E-state index in [1.54, 1.807) is 24.6 Å². The molecule has 0 aromatic carbocycles. The molecule has 0 heterocycles. The van der Waals surface area contributed by atoms with Gasteiger partial charge < -0.3 is 10.2 Å². The van der Waals surface area contributed by atoms with E-state index in [1.165, 1.54) is 51.4 Å². The second-order valence-electron chi connectivity index (χ2n) is 6.20. The zero-order valence-electron chi connectivity index (χ0n) is 14.8. The normalized spacial score (nSPS) is 11.6. The third-order valence-corrected chi connectivity index (χ3v) is 9.90. The minimum absolute atomic E-state index is 0.879. The molecule has 0 radical (unpaired) electrons. The van der Waals surface area contributed by atoms with Crippen LogP contribution in [0.2, 0.25) is 0 Å². The fraction of sp³-hybridized carbons (Fsp3) is 0.941. The van der Waals surface area contributed by atoms with Gasteiger partial charge in [-0.15, -0.1) is 0 Å². The molecule has 21 heavy (non-hydrogen) atoms. The second kappa shape index (κ2) is 16.1. The largest absolute Gasteiger partial charge is 0.503 e. The molecule has 130 valence electrons. The van der Waals surface area contributed by atoms with Gasteiger partial charge in [-0.1, -0.05) is 0 Å². The van der Waals surface area contributed by atoms with Crippen LogP contribution in [-0.4, -0.2) is 41.0 Å². The van der Waals surface area contributed by atoms with E-state index < -0.39 is 13.4 Å². The summed E-state index contributed by atoms with van der Waals surface area (Å²) in [6, 6.07) is 0. The molecule has 0 atom stereocenters. The Hall–Kier alpha value is -0.300. The first-order valence-corrected chi connectivity index (χ1v) is 11.7. The molecule has 0 saturated heterocycles. The Labute approximate surface area is 132 Å². The van der Waals surface area contributed by atoms with Crippen LogP contribution in [0.4, 0.5) is 4.79 Å². The van der Waals surface area contributed by atoms with Gasteiger partial charge in [-0.05, 0) is 0 Å². The summed E-state index contributed by atoms with van der Waals surface area (Å²) in [4.78, 5) is 8.56. The standard InChI is InChI=1S/C16H37P.CH2O3/c1-5-9-13-17(14-10-6-2,15-11-7-3)16-12-8-4;2-1(3)4/h17H,5-16H2,1-4H3;(H2,2,3,4). The first-order chi connectivity index (χ1) is 9.97. The number of hydrogen-bond acceptors (Lipinski definition) is 1. The predicted octanol–water partition coefficient (Wildman–Crippen LogP) is 6.16. The molecule has 0 rings (SSSR count). The molecular weight excluding hydrogens is 283 g/mol. The number of unbranched alkanes of at least 4 members (excludes halogenated alkanes) is 4. The van der Waals surface area contributed by atoms with Crippen molar-refractivity contribution in [1.82, 2.24) is 0 Å². The molecule has 2 N–H and O–H groups in total. The van der Waals surface area contributed by atoms with Crippen LogP contribution < -0.4 is 0 Å². The minimum Gasteiger partial charge on any atom is -0.450 e. The molecule has 0 saturated carbocycles. The summed E-state index contributed by atoms with van der Waals surface area (Å²) >= 11 is 0. The van der Waals surface area contributed by atoms with Crippen LogP contribution in [0.5, 0.6) is 0 Å². The van der Waals surface area contributed by atoms with Crippen molar-refractivity contribution < 1.29 is 15.0 Å². The van der Waals surface area contributed by atoms with Gasteiger partial charge in [0.05, 0.1) is 0 Å². The molecule has 0 spiro atoms. The maximum atomic E-state index is 8.56. The van der Waals surface area contributed by atoms with Crippen molar-refractivity contribution >= 4 is 13.4 Å². The average Bonchev–Trinajstić information content (AvgIpc) is 2.45.